The number of carbonyl (C=O) groups excluding carboxylic acids is 1. The van der Waals surface area contributed by atoms with E-state index in [1.54, 1.807) is 0 Å². The van der Waals surface area contributed by atoms with Gasteiger partial charge in [0.05, 0.1) is 12.8 Å². The van der Waals surface area contributed by atoms with Gasteiger partial charge in [-0.1, -0.05) is 6.92 Å². The Kier molecular flexibility index (Phi) is 2.32. The first kappa shape index (κ1) is 8.58. The molecule has 0 saturated carbocycles. The van der Waals surface area contributed by atoms with Crippen molar-refractivity contribution >= 4 is 11.8 Å². The third kappa shape index (κ3) is 1.39. The molecule has 1 heterocycles. The van der Waals surface area contributed by atoms with E-state index in [0.717, 1.165) is 12.1 Å². The number of aromatic amines is 1. The minimum absolute atomic E-state index is 0.159. The second-order valence-electron chi connectivity index (χ2n) is 2.29. The maximum absolute atomic E-state index is 10.9. The number of nitrogens with one attached hydrogen (secondary N) is 1. The maximum atomic E-state index is 10.9. The van der Waals surface area contributed by atoms with Crippen molar-refractivity contribution in [2.75, 3.05) is 12.8 Å². The van der Waals surface area contributed by atoms with Crippen molar-refractivity contribution < 1.29 is 9.53 Å². The summed E-state index contributed by atoms with van der Waals surface area (Å²) in [5, 5.41) is 0. The number of rotatable bonds is 2. The Balaban J connectivity index is 2.96. The van der Waals surface area contributed by atoms with Crippen LogP contribution in [0.3, 0.4) is 0 Å². The Hall–Kier alpha value is -1.52. The predicted molar refractivity (Wildman–Crippen MR) is 43.7 cm³/mol. The van der Waals surface area contributed by atoms with E-state index in [2.05, 4.69) is 14.7 Å². The SMILES string of the molecule is CCc1[nH]c(C(=O)OC)nc1N. The van der Waals surface area contributed by atoms with Crippen LogP contribution in [0.25, 0.3) is 0 Å². The molecule has 0 bridgehead atoms. The van der Waals surface area contributed by atoms with E-state index in [-0.39, 0.29) is 5.82 Å². The highest BCUT2D eigenvalue weighted by Crippen LogP contribution is 2.08. The van der Waals surface area contributed by atoms with Crippen LogP contribution in [0.2, 0.25) is 0 Å². The molecule has 1 aromatic rings. The van der Waals surface area contributed by atoms with Gasteiger partial charge in [0.2, 0.25) is 5.82 Å². The molecule has 0 unspecified atom stereocenters. The fraction of sp³-hybridized carbons (Fsp3) is 0.429. The van der Waals surface area contributed by atoms with Gasteiger partial charge < -0.3 is 15.5 Å². The van der Waals surface area contributed by atoms with Gasteiger partial charge in [-0.2, -0.15) is 0 Å². The lowest BCUT2D eigenvalue weighted by atomic mass is 10.3. The molecule has 0 saturated heterocycles. The first-order chi connectivity index (χ1) is 5.69. The number of aromatic nitrogens is 2. The molecule has 5 nitrogen and oxygen atoms in total. The van der Waals surface area contributed by atoms with Crippen LogP contribution >= 0.6 is 0 Å². The van der Waals surface area contributed by atoms with E-state index in [9.17, 15) is 4.79 Å². The summed E-state index contributed by atoms with van der Waals surface area (Å²) >= 11 is 0. The Morgan fingerprint density at radius 3 is 2.83 bits per heavy atom. The second kappa shape index (κ2) is 3.25. The average Bonchev–Trinajstić information content (AvgIpc) is 2.45. The summed E-state index contributed by atoms with van der Waals surface area (Å²) in [5.41, 5.74) is 6.25. The third-order valence-electron chi connectivity index (χ3n) is 1.54. The van der Waals surface area contributed by atoms with Crippen molar-refractivity contribution in [3.8, 4) is 0 Å². The van der Waals surface area contributed by atoms with Crippen LogP contribution in [-0.2, 0) is 11.2 Å². The van der Waals surface area contributed by atoms with E-state index in [1.807, 2.05) is 6.92 Å². The van der Waals surface area contributed by atoms with Crippen molar-refractivity contribution in [2.45, 2.75) is 13.3 Å². The van der Waals surface area contributed by atoms with Crippen LogP contribution in [0.4, 0.5) is 5.82 Å². The second-order valence-corrected chi connectivity index (χ2v) is 2.29. The van der Waals surface area contributed by atoms with Gasteiger partial charge in [0.15, 0.2) is 0 Å². The fourth-order valence-electron chi connectivity index (χ4n) is 0.886. The summed E-state index contributed by atoms with van der Waals surface area (Å²) in [7, 11) is 1.30. The summed E-state index contributed by atoms with van der Waals surface area (Å²) < 4.78 is 4.46. The lowest BCUT2D eigenvalue weighted by Gasteiger charge is -1.91. The number of methoxy groups -OCH3 is 1. The highest BCUT2D eigenvalue weighted by Gasteiger charge is 2.12. The Morgan fingerprint density at radius 1 is 1.75 bits per heavy atom. The van der Waals surface area contributed by atoms with Crippen molar-refractivity contribution in [1.29, 1.82) is 0 Å². The van der Waals surface area contributed by atoms with Gasteiger partial charge in [-0.25, -0.2) is 9.78 Å². The van der Waals surface area contributed by atoms with Gasteiger partial charge in [-0.3, -0.25) is 0 Å². The number of nitrogen functional groups attached to an aromatic ring is 1. The minimum Gasteiger partial charge on any atom is -0.463 e. The molecule has 3 N–H and O–H groups in total. The third-order valence-corrected chi connectivity index (χ3v) is 1.54. The first-order valence-electron chi connectivity index (χ1n) is 3.61. The molecule has 0 aliphatic heterocycles. The summed E-state index contributed by atoms with van der Waals surface area (Å²) in [6.07, 6.45) is 0.718. The monoisotopic (exact) mass is 169 g/mol. The van der Waals surface area contributed by atoms with E-state index in [4.69, 9.17) is 5.73 Å². The molecular weight excluding hydrogens is 158 g/mol. The number of anilines is 1. The largest absolute Gasteiger partial charge is 0.463 e. The first-order valence-corrected chi connectivity index (χ1v) is 3.61. The number of carbonyl (C=O) groups is 1. The summed E-state index contributed by atoms with van der Waals surface area (Å²) in [6.45, 7) is 1.92. The normalized spacial score (nSPS) is 9.83. The number of nitrogens with zero attached hydrogens (tertiary/aromatic N) is 1. The van der Waals surface area contributed by atoms with Crippen LogP contribution < -0.4 is 5.73 Å². The zero-order chi connectivity index (χ0) is 9.14. The van der Waals surface area contributed by atoms with Gasteiger partial charge in [0.1, 0.15) is 5.82 Å². The van der Waals surface area contributed by atoms with Crippen molar-refractivity contribution in [3.63, 3.8) is 0 Å². The molecule has 1 rings (SSSR count). The number of hydrogen-bond acceptors (Lipinski definition) is 4. The predicted octanol–water partition coefficient (Wildman–Crippen LogP) is 0.341. The molecule has 66 valence electrons. The number of hydrogen-bond donors (Lipinski definition) is 2. The van der Waals surface area contributed by atoms with Crippen molar-refractivity contribution in [3.05, 3.63) is 11.5 Å². The van der Waals surface area contributed by atoms with Crippen molar-refractivity contribution in [1.82, 2.24) is 9.97 Å². The standard InChI is InChI=1S/C7H11N3O2/c1-3-4-5(8)10-6(9-4)7(11)12-2/h3,8H2,1-2H3,(H,9,10). The van der Waals surface area contributed by atoms with Gasteiger partial charge in [-0.15, -0.1) is 0 Å². The molecule has 0 radical (unpaired) electrons. The number of aryl methyl sites for hydroxylation is 1. The van der Waals surface area contributed by atoms with Crippen LogP contribution in [0.1, 0.15) is 23.2 Å². The quantitative estimate of drug-likeness (QED) is 0.625. The van der Waals surface area contributed by atoms with Gasteiger partial charge in [-0.05, 0) is 6.42 Å². The number of ether oxygens (including phenoxy) is 1. The molecular formula is C7H11N3O2. The smallest absolute Gasteiger partial charge is 0.374 e. The molecule has 0 aliphatic carbocycles. The highest BCUT2D eigenvalue weighted by atomic mass is 16.5. The summed E-state index contributed by atoms with van der Waals surface area (Å²) in [5.74, 6) is 0.0196. The summed E-state index contributed by atoms with van der Waals surface area (Å²) in [6, 6.07) is 0. The molecule has 0 aromatic carbocycles. The van der Waals surface area contributed by atoms with Gasteiger partial charge in [0.25, 0.3) is 0 Å². The molecule has 0 aliphatic rings. The van der Waals surface area contributed by atoms with Crippen molar-refractivity contribution in [2.24, 2.45) is 0 Å². The van der Waals surface area contributed by atoms with Crippen LogP contribution in [0, 0.1) is 0 Å². The maximum Gasteiger partial charge on any atom is 0.374 e. The number of esters is 1. The molecule has 1 aromatic heterocycles. The highest BCUT2D eigenvalue weighted by molar-refractivity contribution is 5.85. The lowest BCUT2D eigenvalue weighted by Crippen LogP contribution is -2.03. The number of imidazole rings is 1. The van der Waals surface area contributed by atoms with Crippen LogP contribution in [0.5, 0.6) is 0 Å². The Bertz CT molecular complexity index is 293. The molecule has 0 amide bonds. The zero-order valence-electron chi connectivity index (χ0n) is 7.05. The van der Waals surface area contributed by atoms with E-state index >= 15 is 0 Å². The van der Waals surface area contributed by atoms with E-state index in [0.29, 0.717) is 5.82 Å². The Morgan fingerprint density at radius 2 is 2.42 bits per heavy atom. The molecule has 5 heteroatoms. The minimum atomic E-state index is -0.499. The van der Waals surface area contributed by atoms with Gasteiger partial charge >= 0.3 is 5.97 Å². The average molecular weight is 169 g/mol. The molecule has 12 heavy (non-hydrogen) atoms. The van der Waals surface area contributed by atoms with E-state index in [1.165, 1.54) is 7.11 Å². The fourth-order valence-corrected chi connectivity index (χ4v) is 0.886. The van der Waals surface area contributed by atoms with Crippen LogP contribution in [-0.4, -0.2) is 23.0 Å². The summed E-state index contributed by atoms with van der Waals surface area (Å²) in [4.78, 5) is 17.5. The lowest BCUT2D eigenvalue weighted by molar-refractivity contribution is 0.0588. The molecule has 0 spiro atoms. The topological polar surface area (TPSA) is 81.0 Å². The molecule has 0 atom stereocenters. The zero-order valence-corrected chi connectivity index (χ0v) is 7.05. The molecule has 0 fully saturated rings. The number of H-pyrrole nitrogens is 1. The Labute approximate surface area is 69.9 Å². The number of nitrogens with two attached hydrogens (primary N) is 1. The van der Waals surface area contributed by atoms with E-state index < -0.39 is 5.97 Å². The van der Waals surface area contributed by atoms with Gasteiger partial charge in [0, 0.05) is 0 Å². The van der Waals surface area contributed by atoms with Crippen LogP contribution in [0.15, 0.2) is 0 Å².